The van der Waals surface area contributed by atoms with Crippen LogP contribution in [0.25, 0.3) is 0 Å². The lowest BCUT2D eigenvalue weighted by molar-refractivity contribution is -0.480. The van der Waals surface area contributed by atoms with E-state index in [1.807, 2.05) is 0 Å². The number of rotatable bonds is 3. The van der Waals surface area contributed by atoms with Gasteiger partial charge in [-0.3, -0.25) is 4.84 Å². The number of hydrogen-bond acceptors (Lipinski definition) is 5. The van der Waals surface area contributed by atoms with Gasteiger partial charge in [-0.2, -0.15) is 5.26 Å². The van der Waals surface area contributed by atoms with Crippen molar-refractivity contribution in [3.63, 3.8) is 0 Å². The average Bonchev–Trinajstić information content (AvgIpc) is 2.31. The lowest BCUT2D eigenvalue weighted by Gasteiger charge is -2.07. The van der Waals surface area contributed by atoms with Crippen LogP contribution in [0.4, 0.5) is 17.3 Å². The molecule has 0 saturated carbocycles. The summed E-state index contributed by atoms with van der Waals surface area (Å²) >= 11 is 0. The van der Waals surface area contributed by atoms with Crippen molar-refractivity contribution in [3.05, 3.63) is 0 Å². The summed E-state index contributed by atoms with van der Waals surface area (Å²) < 4.78 is 45.3. The first-order valence-electron chi connectivity index (χ1n) is 5.85. The second-order valence-corrected chi connectivity index (χ2v) is 3.93. The van der Waals surface area contributed by atoms with Crippen LogP contribution >= 0.6 is 0 Å². The lowest BCUT2D eigenvalue weighted by atomic mass is 10.3. The van der Waals surface area contributed by atoms with Crippen molar-refractivity contribution in [2.24, 2.45) is 5.16 Å². The number of carbonyl (C=O) groups is 1. The molecule has 0 aromatic heterocycles. The topological polar surface area (TPSA) is 77.9 Å². The molecule has 0 radical (unpaired) electrons. The Morgan fingerprint density at radius 1 is 1.32 bits per heavy atom. The zero-order chi connectivity index (χ0) is 17.9. The summed E-state index contributed by atoms with van der Waals surface area (Å²) in [5, 5.41) is 12.2. The zero-order valence-electron chi connectivity index (χ0n) is 12.8. The number of amidine groups is 1. The molecule has 0 heterocycles. The van der Waals surface area contributed by atoms with Crippen LogP contribution in [-0.4, -0.2) is 69.2 Å². The van der Waals surface area contributed by atoms with E-state index in [2.05, 4.69) is 9.89 Å². The predicted octanol–water partition coefficient (Wildman–Crippen LogP) is 0.935. The average molecular weight is 328 g/mol. The van der Waals surface area contributed by atoms with Gasteiger partial charge in [0.2, 0.25) is 0 Å². The number of esters is 1. The minimum atomic E-state index is -6.00. The van der Waals surface area contributed by atoms with Crippen LogP contribution in [0.2, 0.25) is 0 Å². The van der Waals surface area contributed by atoms with Crippen molar-refractivity contribution < 1.29 is 36.2 Å². The van der Waals surface area contributed by atoms with E-state index in [0.29, 0.717) is 6.02 Å². The smallest absolute Gasteiger partial charge is 0.461 e. The van der Waals surface area contributed by atoms with E-state index in [4.69, 9.17) is 10.1 Å². The van der Waals surface area contributed by atoms with Gasteiger partial charge in [0.25, 0.3) is 5.71 Å². The van der Waals surface area contributed by atoms with Gasteiger partial charge in [0.15, 0.2) is 0 Å². The van der Waals surface area contributed by atoms with E-state index in [-0.39, 0.29) is 6.61 Å². The third-order valence-corrected chi connectivity index (χ3v) is 1.56. The van der Waals surface area contributed by atoms with E-state index in [0.717, 1.165) is 0 Å². The summed E-state index contributed by atoms with van der Waals surface area (Å²) in [7, 11) is 1.01. The molecule has 7 nitrogen and oxygen atoms in total. The highest BCUT2D eigenvalue weighted by Gasteiger charge is 2.20. The van der Waals surface area contributed by atoms with E-state index in [1.165, 1.54) is 0 Å². The number of carbonyl (C=O) groups excluding carboxylic acids is 1. The van der Waals surface area contributed by atoms with Crippen molar-refractivity contribution in [1.29, 1.82) is 5.26 Å². The molecule has 0 saturated heterocycles. The summed E-state index contributed by atoms with van der Waals surface area (Å²) in [5.74, 6) is -0.799. The third kappa shape index (κ3) is 12.7. The summed E-state index contributed by atoms with van der Waals surface area (Å²) in [6.45, 7) is 1.82. The fourth-order valence-electron chi connectivity index (χ4n) is 0.953. The molecule has 0 aromatic rings. The van der Waals surface area contributed by atoms with E-state index >= 15 is 0 Å². The van der Waals surface area contributed by atoms with Crippen LogP contribution < -0.4 is 0 Å². The second kappa shape index (κ2) is 10.4. The van der Waals surface area contributed by atoms with Crippen molar-refractivity contribution in [2.75, 3.05) is 34.8 Å². The third-order valence-electron chi connectivity index (χ3n) is 1.56. The Labute approximate surface area is 125 Å². The molecule has 22 heavy (non-hydrogen) atoms. The highest BCUT2D eigenvalue weighted by Crippen LogP contribution is 2.06. The molecule has 0 spiro atoms. The van der Waals surface area contributed by atoms with E-state index in [1.54, 1.807) is 50.7 Å². The molecule has 126 valence electrons. The van der Waals surface area contributed by atoms with Gasteiger partial charge in [-0.05, 0) is 6.92 Å². The first-order valence-corrected chi connectivity index (χ1v) is 5.85. The van der Waals surface area contributed by atoms with Crippen molar-refractivity contribution in [2.45, 2.75) is 6.92 Å². The van der Waals surface area contributed by atoms with Crippen LogP contribution in [0.1, 0.15) is 6.92 Å². The van der Waals surface area contributed by atoms with Gasteiger partial charge in [-0.15, -0.1) is 0 Å². The number of halogens is 4. The molecule has 0 N–H and O–H groups in total. The number of oxime groups is 1. The van der Waals surface area contributed by atoms with Crippen molar-refractivity contribution in [3.8, 4) is 6.07 Å². The van der Waals surface area contributed by atoms with Crippen LogP contribution in [0.5, 0.6) is 0 Å². The predicted molar refractivity (Wildman–Crippen MR) is 71.8 cm³/mol. The number of ether oxygens (including phenoxy) is 1. The maximum atomic E-state index is 11.2. The quantitative estimate of drug-likeness (QED) is 0.147. The number of nitriles is 1. The molecule has 0 rings (SSSR count). The van der Waals surface area contributed by atoms with Crippen LogP contribution in [0, 0.1) is 11.3 Å². The molecule has 0 unspecified atom stereocenters. The van der Waals surface area contributed by atoms with Crippen molar-refractivity contribution >= 4 is 25.0 Å². The van der Waals surface area contributed by atoms with Gasteiger partial charge in [0, 0.05) is 0 Å². The molecule has 0 aliphatic rings. The Morgan fingerprint density at radius 2 is 1.77 bits per heavy atom. The molecule has 12 heteroatoms. The second-order valence-electron chi connectivity index (χ2n) is 3.93. The minimum Gasteiger partial charge on any atom is -0.461 e. The molecule has 0 aliphatic heterocycles. The van der Waals surface area contributed by atoms with Crippen LogP contribution in [-0.2, 0) is 14.4 Å². The van der Waals surface area contributed by atoms with Gasteiger partial charge >= 0.3 is 19.2 Å². The van der Waals surface area contributed by atoms with Crippen LogP contribution in [0.15, 0.2) is 5.16 Å². The maximum absolute atomic E-state index is 11.2. The monoisotopic (exact) mass is 328 g/mol. The molecule has 0 bridgehead atoms. The Bertz CT molecular complexity index is 462. The van der Waals surface area contributed by atoms with Gasteiger partial charge in [-0.25, -0.2) is 14.3 Å². The van der Waals surface area contributed by atoms with Gasteiger partial charge in [-0.1, -0.05) is 5.16 Å². The Kier molecular flexibility index (Phi) is 10.4. The first kappa shape index (κ1) is 22.0. The Hall–Kier alpha value is -2.32. The zero-order valence-corrected chi connectivity index (χ0v) is 12.8. The summed E-state index contributed by atoms with van der Waals surface area (Å²) in [6, 6.07) is 2.01. The fourth-order valence-corrected chi connectivity index (χ4v) is 0.953. The van der Waals surface area contributed by atoms with Crippen LogP contribution in [0.3, 0.4) is 0 Å². The minimum absolute atomic E-state index is 0.178. The summed E-state index contributed by atoms with van der Waals surface area (Å²) in [6.07, 6.45) is 0. The summed E-state index contributed by atoms with van der Waals surface area (Å²) in [5.41, 5.74) is -0.423. The highest BCUT2D eigenvalue weighted by molar-refractivity contribution is 6.50. The normalized spacial score (nSPS) is 10.6. The molecular formula is C10H17BF4N4O3. The van der Waals surface area contributed by atoms with Gasteiger partial charge in [0.1, 0.15) is 6.07 Å². The van der Waals surface area contributed by atoms with E-state index < -0.39 is 18.9 Å². The fraction of sp³-hybridized carbons (Fsp3) is 0.600. The largest absolute Gasteiger partial charge is 0.673 e. The Balaban J connectivity index is 0. The molecule has 0 fully saturated rings. The molecule has 0 amide bonds. The first-order chi connectivity index (χ1) is 9.93. The van der Waals surface area contributed by atoms with Crippen molar-refractivity contribution in [1.82, 2.24) is 4.90 Å². The summed E-state index contributed by atoms with van der Waals surface area (Å²) in [4.78, 5) is 17.9. The Morgan fingerprint density at radius 3 is 2.05 bits per heavy atom. The number of hydrogen-bond donors (Lipinski definition) is 0. The molecule has 0 atom stereocenters. The van der Waals surface area contributed by atoms with Gasteiger partial charge < -0.3 is 22.0 Å². The highest BCUT2D eigenvalue weighted by atomic mass is 19.5. The number of nitrogens with zero attached hydrogens (tertiary/aromatic N) is 4. The standard InChI is InChI=1S/C10H17N4O3.BF4/c1-6-16-9(15)8(7-11)12-17-10(13(2)3)14(4)5;2-1(3,4)5/h6H2,1-5H3;/q+1;-1/b12-8+;. The lowest BCUT2D eigenvalue weighted by Crippen LogP contribution is -2.31. The molecular weight excluding hydrogens is 311 g/mol. The SMILES string of the molecule is CCOC(=O)/C(C#N)=N/OC(N(C)C)=[N+](C)C.F[B-](F)(F)F. The van der Waals surface area contributed by atoms with E-state index in [9.17, 15) is 22.1 Å². The molecule has 0 aliphatic carbocycles. The molecule has 0 aromatic carbocycles. The maximum Gasteiger partial charge on any atom is 0.673 e. The van der Waals surface area contributed by atoms with Gasteiger partial charge in [0.05, 0.1) is 34.8 Å².